The van der Waals surface area contributed by atoms with Crippen molar-refractivity contribution < 1.29 is 5.11 Å². The molecule has 114 valence electrons. The highest BCUT2D eigenvalue weighted by Gasteiger charge is 2.26. The number of benzene rings is 1. The van der Waals surface area contributed by atoms with Crippen LogP contribution in [0.15, 0.2) is 28.7 Å². The van der Waals surface area contributed by atoms with E-state index in [2.05, 4.69) is 46.8 Å². The van der Waals surface area contributed by atoms with Gasteiger partial charge in [0.15, 0.2) is 0 Å². The Labute approximate surface area is 131 Å². The SMILES string of the molecule is CCCCN(CCO)C(c1ccccc1Br)C(N)CC. The van der Waals surface area contributed by atoms with Crippen molar-refractivity contribution in [3.63, 3.8) is 0 Å². The molecular weight excluding hydrogens is 316 g/mol. The molecule has 1 aromatic rings. The van der Waals surface area contributed by atoms with Crippen molar-refractivity contribution in [1.29, 1.82) is 0 Å². The summed E-state index contributed by atoms with van der Waals surface area (Å²) in [4.78, 5) is 2.32. The zero-order valence-corrected chi connectivity index (χ0v) is 14.1. The average Bonchev–Trinajstić information content (AvgIpc) is 2.46. The van der Waals surface area contributed by atoms with E-state index < -0.39 is 0 Å². The van der Waals surface area contributed by atoms with Crippen LogP contribution in [-0.2, 0) is 0 Å². The molecular formula is C16H27BrN2O. The molecule has 0 aliphatic rings. The van der Waals surface area contributed by atoms with Gasteiger partial charge < -0.3 is 10.8 Å². The first-order valence-electron chi connectivity index (χ1n) is 7.50. The van der Waals surface area contributed by atoms with Crippen LogP contribution in [0, 0.1) is 0 Å². The Morgan fingerprint density at radius 1 is 1.25 bits per heavy atom. The molecule has 2 atom stereocenters. The molecule has 0 fully saturated rings. The fourth-order valence-corrected chi connectivity index (χ4v) is 3.04. The van der Waals surface area contributed by atoms with Gasteiger partial charge in [0, 0.05) is 17.1 Å². The van der Waals surface area contributed by atoms with E-state index >= 15 is 0 Å². The lowest BCUT2D eigenvalue weighted by Gasteiger charge is -2.36. The van der Waals surface area contributed by atoms with Crippen molar-refractivity contribution in [3.8, 4) is 0 Å². The Morgan fingerprint density at radius 2 is 1.95 bits per heavy atom. The molecule has 0 aliphatic carbocycles. The van der Waals surface area contributed by atoms with Crippen LogP contribution in [0.3, 0.4) is 0 Å². The van der Waals surface area contributed by atoms with Crippen LogP contribution in [0.5, 0.6) is 0 Å². The number of rotatable bonds is 9. The van der Waals surface area contributed by atoms with E-state index in [1.165, 1.54) is 5.56 Å². The van der Waals surface area contributed by atoms with Gasteiger partial charge in [0.2, 0.25) is 0 Å². The van der Waals surface area contributed by atoms with Crippen LogP contribution < -0.4 is 5.73 Å². The number of hydrogen-bond acceptors (Lipinski definition) is 3. The van der Waals surface area contributed by atoms with Gasteiger partial charge in [0.1, 0.15) is 0 Å². The maximum absolute atomic E-state index is 9.36. The van der Waals surface area contributed by atoms with Crippen molar-refractivity contribution in [2.75, 3.05) is 19.7 Å². The second-order valence-electron chi connectivity index (χ2n) is 5.15. The van der Waals surface area contributed by atoms with E-state index in [-0.39, 0.29) is 18.7 Å². The molecule has 0 heterocycles. The smallest absolute Gasteiger partial charge is 0.0558 e. The molecule has 4 heteroatoms. The van der Waals surface area contributed by atoms with Gasteiger partial charge in [-0.05, 0) is 31.0 Å². The molecule has 0 bridgehead atoms. The van der Waals surface area contributed by atoms with E-state index in [0.29, 0.717) is 6.54 Å². The molecule has 2 unspecified atom stereocenters. The van der Waals surface area contributed by atoms with Gasteiger partial charge in [-0.15, -0.1) is 0 Å². The van der Waals surface area contributed by atoms with Crippen LogP contribution in [-0.4, -0.2) is 35.7 Å². The van der Waals surface area contributed by atoms with Crippen LogP contribution in [0.2, 0.25) is 0 Å². The highest BCUT2D eigenvalue weighted by Crippen LogP contribution is 2.31. The summed E-state index contributed by atoms with van der Waals surface area (Å²) in [6, 6.07) is 8.46. The molecule has 3 N–H and O–H groups in total. The van der Waals surface area contributed by atoms with Gasteiger partial charge >= 0.3 is 0 Å². The molecule has 1 rings (SSSR count). The van der Waals surface area contributed by atoms with Crippen LogP contribution in [0.4, 0.5) is 0 Å². The van der Waals surface area contributed by atoms with Crippen LogP contribution >= 0.6 is 15.9 Å². The fourth-order valence-electron chi connectivity index (χ4n) is 2.52. The summed E-state index contributed by atoms with van der Waals surface area (Å²) in [5.74, 6) is 0. The number of hydrogen-bond donors (Lipinski definition) is 2. The maximum Gasteiger partial charge on any atom is 0.0558 e. The lowest BCUT2D eigenvalue weighted by atomic mass is 9.96. The Morgan fingerprint density at radius 3 is 2.50 bits per heavy atom. The fraction of sp³-hybridized carbons (Fsp3) is 0.625. The number of nitrogens with two attached hydrogens (primary N) is 1. The number of unbranched alkanes of at least 4 members (excludes halogenated alkanes) is 1. The molecule has 0 amide bonds. The Hall–Kier alpha value is -0.420. The van der Waals surface area contributed by atoms with E-state index in [0.717, 1.165) is 30.3 Å². The van der Waals surface area contributed by atoms with Crippen molar-refractivity contribution in [2.24, 2.45) is 5.73 Å². The standard InChI is InChI=1S/C16H27BrN2O/c1-3-5-10-19(11-12-20)16(15(18)4-2)13-8-6-7-9-14(13)17/h6-9,15-16,20H,3-5,10-12,18H2,1-2H3. The normalized spacial score (nSPS) is 14.5. The van der Waals surface area contributed by atoms with Gasteiger partial charge in [0.05, 0.1) is 12.6 Å². The van der Waals surface area contributed by atoms with Gasteiger partial charge in [0.25, 0.3) is 0 Å². The minimum absolute atomic E-state index is 0.0668. The third-order valence-electron chi connectivity index (χ3n) is 3.68. The highest BCUT2D eigenvalue weighted by atomic mass is 79.9. The molecule has 3 nitrogen and oxygen atoms in total. The first-order valence-corrected chi connectivity index (χ1v) is 8.29. The second kappa shape index (κ2) is 9.50. The van der Waals surface area contributed by atoms with Gasteiger partial charge in [-0.2, -0.15) is 0 Å². The summed E-state index contributed by atoms with van der Waals surface area (Å²) in [5, 5.41) is 9.36. The summed E-state index contributed by atoms with van der Waals surface area (Å²) in [5.41, 5.74) is 7.59. The number of aliphatic hydroxyl groups excluding tert-OH is 1. The summed E-state index contributed by atoms with van der Waals surface area (Å²) in [7, 11) is 0. The predicted octanol–water partition coefficient (Wildman–Crippen LogP) is 3.32. The summed E-state index contributed by atoms with van der Waals surface area (Å²) >= 11 is 3.64. The Bertz CT molecular complexity index is 386. The van der Waals surface area contributed by atoms with E-state index in [1.807, 2.05) is 12.1 Å². The molecule has 0 saturated carbocycles. The minimum Gasteiger partial charge on any atom is -0.395 e. The number of nitrogens with zero attached hydrogens (tertiary/aromatic N) is 1. The Balaban J connectivity index is 3.05. The summed E-state index contributed by atoms with van der Waals surface area (Å²) < 4.78 is 1.09. The monoisotopic (exact) mass is 342 g/mol. The largest absolute Gasteiger partial charge is 0.395 e. The zero-order valence-electron chi connectivity index (χ0n) is 12.6. The van der Waals surface area contributed by atoms with E-state index in [4.69, 9.17) is 5.73 Å². The third kappa shape index (κ3) is 4.85. The molecule has 0 saturated heterocycles. The highest BCUT2D eigenvalue weighted by molar-refractivity contribution is 9.10. The number of halogens is 1. The third-order valence-corrected chi connectivity index (χ3v) is 4.40. The maximum atomic E-state index is 9.36. The van der Waals surface area contributed by atoms with Crippen molar-refractivity contribution in [2.45, 2.75) is 45.2 Å². The topological polar surface area (TPSA) is 49.5 Å². The van der Waals surface area contributed by atoms with Crippen molar-refractivity contribution in [1.82, 2.24) is 4.90 Å². The molecule has 0 aromatic heterocycles. The molecule has 1 aromatic carbocycles. The lowest BCUT2D eigenvalue weighted by Crippen LogP contribution is -2.42. The van der Waals surface area contributed by atoms with Crippen LogP contribution in [0.1, 0.15) is 44.7 Å². The first kappa shape index (κ1) is 17.6. The average molecular weight is 343 g/mol. The zero-order chi connectivity index (χ0) is 15.0. The Kier molecular flexibility index (Phi) is 8.38. The quantitative estimate of drug-likeness (QED) is 0.723. The molecule has 0 spiro atoms. The molecule has 0 aliphatic heterocycles. The summed E-state index contributed by atoms with van der Waals surface area (Å²) in [6.45, 7) is 6.10. The second-order valence-corrected chi connectivity index (χ2v) is 6.01. The first-order chi connectivity index (χ1) is 9.65. The van der Waals surface area contributed by atoms with Crippen LogP contribution in [0.25, 0.3) is 0 Å². The molecule has 20 heavy (non-hydrogen) atoms. The van der Waals surface area contributed by atoms with Gasteiger partial charge in [-0.1, -0.05) is 54.4 Å². The van der Waals surface area contributed by atoms with Gasteiger partial charge in [-0.3, -0.25) is 4.90 Å². The van der Waals surface area contributed by atoms with Crippen molar-refractivity contribution >= 4 is 15.9 Å². The summed E-state index contributed by atoms with van der Waals surface area (Å²) in [6.07, 6.45) is 3.18. The van der Waals surface area contributed by atoms with Gasteiger partial charge in [-0.25, -0.2) is 0 Å². The minimum atomic E-state index is 0.0668. The predicted molar refractivity (Wildman–Crippen MR) is 88.7 cm³/mol. The number of aliphatic hydroxyl groups is 1. The van der Waals surface area contributed by atoms with E-state index in [9.17, 15) is 5.11 Å². The molecule has 0 radical (unpaired) electrons. The van der Waals surface area contributed by atoms with Crippen molar-refractivity contribution in [3.05, 3.63) is 34.3 Å². The van der Waals surface area contributed by atoms with E-state index in [1.54, 1.807) is 0 Å². The lowest BCUT2D eigenvalue weighted by molar-refractivity contribution is 0.130.